The van der Waals surface area contributed by atoms with Gasteiger partial charge in [0.2, 0.25) is 5.76 Å². The third-order valence-electron chi connectivity index (χ3n) is 3.04. The number of carboxylic acids is 1. The van der Waals surface area contributed by atoms with E-state index in [4.69, 9.17) is 9.52 Å². The minimum absolute atomic E-state index is 0.0484. The molecule has 0 fully saturated rings. The highest BCUT2D eigenvalue weighted by Crippen LogP contribution is 2.17. The van der Waals surface area contributed by atoms with E-state index >= 15 is 0 Å². The summed E-state index contributed by atoms with van der Waals surface area (Å²) in [4.78, 5) is 12.8. The molecule has 5 heteroatoms. The number of hydrogen-bond donors (Lipinski definition) is 1. The molecule has 1 N–H and O–H groups in total. The van der Waals surface area contributed by atoms with E-state index in [2.05, 4.69) is 0 Å². The van der Waals surface area contributed by atoms with Crippen LogP contribution in [0.2, 0.25) is 0 Å². The van der Waals surface area contributed by atoms with Crippen LogP contribution in [0.25, 0.3) is 0 Å². The van der Waals surface area contributed by atoms with Crippen LogP contribution in [0.5, 0.6) is 0 Å². The quantitative estimate of drug-likeness (QED) is 0.912. The summed E-state index contributed by atoms with van der Waals surface area (Å²) < 4.78 is 18.0. The van der Waals surface area contributed by atoms with Crippen LogP contribution in [-0.2, 0) is 13.1 Å². The molecule has 1 aromatic carbocycles. The zero-order valence-electron chi connectivity index (χ0n) is 11.4. The van der Waals surface area contributed by atoms with Crippen molar-refractivity contribution in [2.24, 2.45) is 0 Å². The molecular formula is C15H16FNO3. The Morgan fingerprint density at radius 3 is 2.50 bits per heavy atom. The summed E-state index contributed by atoms with van der Waals surface area (Å²) >= 11 is 0. The summed E-state index contributed by atoms with van der Waals surface area (Å²) in [7, 11) is 1.91. The molecule has 0 atom stereocenters. The lowest BCUT2D eigenvalue weighted by molar-refractivity contribution is 0.0661. The highest BCUT2D eigenvalue weighted by Gasteiger charge is 2.14. The molecule has 1 aromatic heterocycles. The number of carboxylic acid groups (broad SMARTS) is 1. The maximum atomic E-state index is 12.8. The largest absolute Gasteiger partial charge is 0.475 e. The molecule has 2 aromatic rings. The smallest absolute Gasteiger partial charge is 0.371 e. The van der Waals surface area contributed by atoms with Crippen molar-refractivity contribution in [2.75, 3.05) is 7.05 Å². The average molecular weight is 277 g/mol. The maximum absolute atomic E-state index is 12.8. The number of aromatic carboxylic acids is 1. The third-order valence-corrected chi connectivity index (χ3v) is 3.04. The van der Waals surface area contributed by atoms with E-state index in [0.29, 0.717) is 18.8 Å². The molecule has 106 valence electrons. The second-order valence-electron chi connectivity index (χ2n) is 4.80. The van der Waals surface area contributed by atoms with Crippen molar-refractivity contribution in [3.05, 3.63) is 58.8 Å². The van der Waals surface area contributed by atoms with Gasteiger partial charge in [0.25, 0.3) is 0 Å². The summed E-state index contributed by atoms with van der Waals surface area (Å²) in [6.07, 6.45) is 0. The summed E-state index contributed by atoms with van der Waals surface area (Å²) in [6, 6.07) is 7.86. The molecule has 0 spiro atoms. The highest BCUT2D eigenvalue weighted by atomic mass is 19.1. The Hall–Kier alpha value is -2.14. The Balaban J connectivity index is 2.02. The van der Waals surface area contributed by atoms with Gasteiger partial charge in [0.1, 0.15) is 11.6 Å². The Morgan fingerprint density at radius 2 is 1.95 bits per heavy atom. The molecule has 20 heavy (non-hydrogen) atoms. The first-order valence-corrected chi connectivity index (χ1v) is 6.21. The zero-order chi connectivity index (χ0) is 14.7. The number of aryl methyl sites for hydroxylation is 1. The lowest BCUT2D eigenvalue weighted by atomic mass is 10.2. The SMILES string of the molecule is Cc1oc(C(=O)O)cc1CN(C)Cc1ccc(F)cc1. The molecule has 1 heterocycles. The lowest BCUT2D eigenvalue weighted by Crippen LogP contribution is -2.17. The van der Waals surface area contributed by atoms with Gasteiger partial charge in [-0.15, -0.1) is 0 Å². The van der Waals surface area contributed by atoms with E-state index in [1.54, 1.807) is 25.1 Å². The van der Waals surface area contributed by atoms with Crippen LogP contribution in [-0.4, -0.2) is 23.0 Å². The van der Waals surface area contributed by atoms with Gasteiger partial charge < -0.3 is 9.52 Å². The third kappa shape index (κ3) is 3.45. The number of halogens is 1. The number of carbonyl (C=O) groups is 1. The molecule has 0 bridgehead atoms. The first kappa shape index (κ1) is 14.3. The van der Waals surface area contributed by atoms with Gasteiger partial charge >= 0.3 is 5.97 Å². The van der Waals surface area contributed by atoms with Gasteiger partial charge in [0.05, 0.1) is 0 Å². The Morgan fingerprint density at radius 1 is 1.30 bits per heavy atom. The zero-order valence-corrected chi connectivity index (χ0v) is 11.4. The predicted octanol–water partition coefficient (Wildman–Crippen LogP) is 3.06. The fraction of sp³-hybridized carbons (Fsp3) is 0.267. The van der Waals surface area contributed by atoms with E-state index in [0.717, 1.165) is 11.1 Å². The Bertz CT molecular complexity index is 604. The fourth-order valence-electron chi connectivity index (χ4n) is 2.03. The van der Waals surface area contributed by atoms with Crippen LogP contribution in [0.1, 0.15) is 27.4 Å². The van der Waals surface area contributed by atoms with E-state index in [1.165, 1.54) is 12.1 Å². The van der Waals surface area contributed by atoms with E-state index in [-0.39, 0.29) is 11.6 Å². The maximum Gasteiger partial charge on any atom is 0.371 e. The summed E-state index contributed by atoms with van der Waals surface area (Å²) in [5.41, 5.74) is 1.83. The van der Waals surface area contributed by atoms with Crippen molar-refractivity contribution >= 4 is 5.97 Å². The van der Waals surface area contributed by atoms with E-state index in [9.17, 15) is 9.18 Å². The molecule has 0 aliphatic carbocycles. The Kier molecular flexibility index (Phi) is 4.20. The van der Waals surface area contributed by atoms with Crippen LogP contribution in [0.15, 0.2) is 34.7 Å². The van der Waals surface area contributed by atoms with Crippen molar-refractivity contribution < 1.29 is 18.7 Å². The second kappa shape index (κ2) is 5.88. The van der Waals surface area contributed by atoms with Gasteiger partial charge in [-0.25, -0.2) is 9.18 Å². The van der Waals surface area contributed by atoms with Crippen molar-refractivity contribution in [2.45, 2.75) is 20.0 Å². The van der Waals surface area contributed by atoms with Gasteiger partial charge in [0, 0.05) is 18.7 Å². The number of nitrogens with zero attached hydrogens (tertiary/aromatic N) is 1. The van der Waals surface area contributed by atoms with E-state index < -0.39 is 5.97 Å². The van der Waals surface area contributed by atoms with E-state index in [1.807, 2.05) is 11.9 Å². The molecule has 0 radical (unpaired) electrons. The van der Waals surface area contributed by atoms with Crippen molar-refractivity contribution in [1.82, 2.24) is 4.90 Å². The molecule has 0 amide bonds. The summed E-state index contributed by atoms with van der Waals surface area (Å²) in [5, 5.41) is 8.88. The molecule has 0 saturated heterocycles. The molecule has 0 aliphatic heterocycles. The monoisotopic (exact) mass is 277 g/mol. The molecule has 2 rings (SSSR count). The van der Waals surface area contributed by atoms with Crippen molar-refractivity contribution in [3.63, 3.8) is 0 Å². The molecule has 4 nitrogen and oxygen atoms in total. The van der Waals surface area contributed by atoms with Crippen LogP contribution in [0.3, 0.4) is 0 Å². The standard InChI is InChI=1S/C15H16FNO3/c1-10-12(7-14(20-10)15(18)19)9-17(2)8-11-3-5-13(16)6-4-11/h3-7H,8-9H2,1-2H3,(H,18,19). The lowest BCUT2D eigenvalue weighted by Gasteiger charge is -2.16. The van der Waals surface area contributed by atoms with Crippen LogP contribution in [0.4, 0.5) is 4.39 Å². The Labute approximate surface area is 116 Å². The van der Waals surface area contributed by atoms with Gasteiger partial charge in [-0.1, -0.05) is 12.1 Å². The minimum Gasteiger partial charge on any atom is -0.475 e. The summed E-state index contributed by atoms with van der Waals surface area (Å²) in [6.45, 7) is 2.96. The first-order chi connectivity index (χ1) is 9.45. The molecule has 0 unspecified atom stereocenters. The number of rotatable bonds is 5. The molecular weight excluding hydrogens is 261 g/mol. The first-order valence-electron chi connectivity index (χ1n) is 6.21. The van der Waals surface area contributed by atoms with Gasteiger partial charge in [0.15, 0.2) is 0 Å². The fourth-order valence-corrected chi connectivity index (χ4v) is 2.03. The number of hydrogen-bond acceptors (Lipinski definition) is 3. The highest BCUT2D eigenvalue weighted by molar-refractivity contribution is 5.84. The van der Waals surface area contributed by atoms with Crippen molar-refractivity contribution in [1.29, 1.82) is 0 Å². The predicted molar refractivity (Wildman–Crippen MR) is 72.0 cm³/mol. The minimum atomic E-state index is -1.07. The van der Waals surface area contributed by atoms with Gasteiger partial charge in [-0.3, -0.25) is 4.90 Å². The second-order valence-corrected chi connectivity index (χ2v) is 4.80. The topological polar surface area (TPSA) is 53.7 Å². The van der Waals surface area contributed by atoms with Gasteiger partial charge in [-0.05, 0) is 37.7 Å². The number of benzene rings is 1. The summed E-state index contributed by atoms with van der Waals surface area (Å²) in [5.74, 6) is -0.769. The molecule has 0 aliphatic rings. The average Bonchev–Trinajstić information content (AvgIpc) is 2.74. The van der Waals surface area contributed by atoms with Crippen molar-refractivity contribution in [3.8, 4) is 0 Å². The van der Waals surface area contributed by atoms with Crippen LogP contribution < -0.4 is 0 Å². The normalized spacial score (nSPS) is 11.0. The van der Waals surface area contributed by atoms with Crippen LogP contribution >= 0.6 is 0 Å². The molecule has 0 saturated carbocycles. The number of furan rings is 1. The van der Waals surface area contributed by atoms with Gasteiger partial charge in [-0.2, -0.15) is 0 Å². The van der Waals surface area contributed by atoms with Crippen LogP contribution in [0, 0.1) is 12.7 Å².